The number of methoxy groups -OCH3 is 1. The summed E-state index contributed by atoms with van der Waals surface area (Å²) in [6, 6.07) is 3.91. The number of aryl methyl sites for hydroxylation is 1. The van der Waals surface area contributed by atoms with E-state index in [1.807, 2.05) is 23.0 Å². The van der Waals surface area contributed by atoms with Gasteiger partial charge in [-0.1, -0.05) is 0 Å². The first-order valence-electron chi connectivity index (χ1n) is 6.02. The highest BCUT2D eigenvalue weighted by Crippen LogP contribution is 2.08. The lowest BCUT2D eigenvalue weighted by atomic mass is 10.2. The first-order chi connectivity index (χ1) is 8.81. The highest BCUT2D eigenvalue weighted by molar-refractivity contribution is 5.20. The van der Waals surface area contributed by atoms with Crippen LogP contribution in [0.5, 0.6) is 5.88 Å². The average molecular weight is 246 g/mol. The molecule has 0 aliphatic carbocycles. The lowest BCUT2D eigenvalue weighted by molar-refractivity contribution is 0.397. The number of aromatic nitrogens is 3. The third-order valence-electron chi connectivity index (χ3n) is 2.68. The molecule has 0 bridgehead atoms. The van der Waals surface area contributed by atoms with Crippen molar-refractivity contribution in [2.75, 3.05) is 7.11 Å². The van der Waals surface area contributed by atoms with Gasteiger partial charge in [0.05, 0.1) is 13.3 Å². The molecule has 0 atom stereocenters. The Morgan fingerprint density at radius 1 is 1.33 bits per heavy atom. The van der Waals surface area contributed by atoms with E-state index >= 15 is 0 Å². The summed E-state index contributed by atoms with van der Waals surface area (Å²) in [5, 5.41) is 7.60. The zero-order valence-electron chi connectivity index (χ0n) is 10.8. The molecule has 0 unspecified atom stereocenters. The summed E-state index contributed by atoms with van der Waals surface area (Å²) >= 11 is 0. The van der Waals surface area contributed by atoms with E-state index < -0.39 is 0 Å². The Morgan fingerprint density at radius 3 is 2.89 bits per heavy atom. The molecule has 18 heavy (non-hydrogen) atoms. The maximum atomic E-state index is 5.09. The summed E-state index contributed by atoms with van der Waals surface area (Å²) in [6.07, 6.45) is 5.70. The van der Waals surface area contributed by atoms with Gasteiger partial charge in [0.1, 0.15) is 0 Å². The molecule has 1 N–H and O–H groups in total. The van der Waals surface area contributed by atoms with E-state index in [9.17, 15) is 0 Å². The van der Waals surface area contributed by atoms with Gasteiger partial charge in [-0.3, -0.25) is 4.68 Å². The smallest absolute Gasteiger partial charge is 0.213 e. The van der Waals surface area contributed by atoms with Crippen molar-refractivity contribution in [3.8, 4) is 5.88 Å². The van der Waals surface area contributed by atoms with Crippen molar-refractivity contribution >= 4 is 0 Å². The van der Waals surface area contributed by atoms with Gasteiger partial charge in [0.15, 0.2) is 0 Å². The summed E-state index contributed by atoms with van der Waals surface area (Å²) in [7, 11) is 1.62. The Labute approximate surface area is 107 Å². The van der Waals surface area contributed by atoms with Crippen LogP contribution in [0.3, 0.4) is 0 Å². The normalized spacial score (nSPS) is 10.6. The molecule has 0 aliphatic rings. The van der Waals surface area contributed by atoms with Gasteiger partial charge in [-0.2, -0.15) is 5.10 Å². The molecule has 2 heterocycles. The second-order valence-corrected chi connectivity index (χ2v) is 4.01. The molecular weight excluding hydrogens is 228 g/mol. The Hall–Kier alpha value is -1.88. The van der Waals surface area contributed by atoms with Crippen molar-refractivity contribution in [3.63, 3.8) is 0 Å². The Bertz CT molecular complexity index is 495. The average Bonchev–Trinajstić information content (AvgIpc) is 2.87. The Morgan fingerprint density at radius 2 is 2.17 bits per heavy atom. The molecule has 0 saturated heterocycles. The van der Waals surface area contributed by atoms with Gasteiger partial charge < -0.3 is 10.1 Å². The van der Waals surface area contributed by atoms with E-state index in [1.165, 1.54) is 5.56 Å². The van der Waals surface area contributed by atoms with Crippen molar-refractivity contribution in [1.29, 1.82) is 0 Å². The zero-order chi connectivity index (χ0) is 12.8. The van der Waals surface area contributed by atoms with Gasteiger partial charge in [0.25, 0.3) is 0 Å². The third kappa shape index (κ3) is 3.30. The van der Waals surface area contributed by atoms with Crippen LogP contribution in [-0.2, 0) is 19.6 Å². The second kappa shape index (κ2) is 6.16. The molecule has 0 spiro atoms. The number of hydrogen-bond acceptors (Lipinski definition) is 4. The van der Waals surface area contributed by atoms with Crippen LogP contribution >= 0.6 is 0 Å². The zero-order valence-corrected chi connectivity index (χ0v) is 10.8. The molecule has 0 saturated carbocycles. The van der Waals surface area contributed by atoms with Crippen LogP contribution < -0.4 is 10.1 Å². The van der Waals surface area contributed by atoms with Gasteiger partial charge in [0.2, 0.25) is 5.88 Å². The van der Waals surface area contributed by atoms with Crippen LogP contribution in [0.2, 0.25) is 0 Å². The molecule has 96 valence electrons. The molecule has 2 rings (SSSR count). The van der Waals surface area contributed by atoms with Crippen molar-refractivity contribution in [3.05, 3.63) is 41.9 Å². The summed E-state index contributed by atoms with van der Waals surface area (Å²) in [5.41, 5.74) is 2.35. The molecule has 0 radical (unpaired) electrons. The van der Waals surface area contributed by atoms with E-state index in [-0.39, 0.29) is 0 Å². The third-order valence-corrected chi connectivity index (χ3v) is 2.68. The molecule has 0 aromatic carbocycles. The molecule has 0 aliphatic heterocycles. The minimum atomic E-state index is 0.646. The van der Waals surface area contributed by atoms with Crippen LogP contribution in [0, 0.1) is 0 Å². The fraction of sp³-hybridized carbons (Fsp3) is 0.385. The van der Waals surface area contributed by atoms with Gasteiger partial charge in [0, 0.05) is 43.7 Å². The Kier molecular flexibility index (Phi) is 4.30. The van der Waals surface area contributed by atoms with Gasteiger partial charge in [-0.15, -0.1) is 0 Å². The van der Waals surface area contributed by atoms with Crippen molar-refractivity contribution in [1.82, 2.24) is 20.1 Å². The first kappa shape index (κ1) is 12.6. The quantitative estimate of drug-likeness (QED) is 0.841. The molecule has 2 aromatic heterocycles. The number of rotatable bonds is 6. The molecule has 0 amide bonds. The van der Waals surface area contributed by atoms with Gasteiger partial charge >= 0.3 is 0 Å². The molecule has 0 fully saturated rings. The Balaban J connectivity index is 1.84. The predicted octanol–water partition coefficient (Wildman–Crippen LogP) is 1.60. The van der Waals surface area contributed by atoms with E-state index in [0.717, 1.165) is 25.2 Å². The maximum absolute atomic E-state index is 5.09. The van der Waals surface area contributed by atoms with Crippen LogP contribution in [0.25, 0.3) is 0 Å². The summed E-state index contributed by atoms with van der Waals surface area (Å²) in [5.74, 6) is 0.646. The molecule has 5 nitrogen and oxygen atoms in total. The minimum Gasteiger partial charge on any atom is -0.481 e. The lowest BCUT2D eigenvalue weighted by Crippen LogP contribution is -2.12. The number of hydrogen-bond donors (Lipinski definition) is 1. The maximum Gasteiger partial charge on any atom is 0.213 e. The summed E-state index contributed by atoms with van der Waals surface area (Å²) in [6.45, 7) is 4.58. The van der Waals surface area contributed by atoms with Crippen LogP contribution in [0.1, 0.15) is 18.1 Å². The van der Waals surface area contributed by atoms with E-state index in [2.05, 4.69) is 28.5 Å². The highest BCUT2D eigenvalue weighted by atomic mass is 16.5. The molecule has 5 heteroatoms. The lowest BCUT2D eigenvalue weighted by Gasteiger charge is -2.04. The minimum absolute atomic E-state index is 0.646. The van der Waals surface area contributed by atoms with Crippen LogP contribution in [-0.4, -0.2) is 21.9 Å². The van der Waals surface area contributed by atoms with Gasteiger partial charge in [-0.05, 0) is 18.6 Å². The van der Waals surface area contributed by atoms with Crippen molar-refractivity contribution < 1.29 is 4.74 Å². The van der Waals surface area contributed by atoms with Crippen LogP contribution in [0.15, 0.2) is 30.7 Å². The summed E-state index contributed by atoms with van der Waals surface area (Å²) in [4.78, 5) is 4.08. The van der Waals surface area contributed by atoms with E-state index in [1.54, 1.807) is 13.3 Å². The fourth-order valence-electron chi connectivity index (χ4n) is 1.69. The van der Waals surface area contributed by atoms with E-state index in [0.29, 0.717) is 5.88 Å². The van der Waals surface area contributed by atoms with Gasteiger partial charge in [-0.25, -0.2) is 4.98 Å². The summed E-state index contributed by atoms with van der Waals surface area (Å²) < 4.78 is 7.01. The highest BCUT2D eigenvalue weighted by Gasteiger charge is 1.99. The van der Waals surface area contributed by atoms with Crippen LogP contribution in [0.4, 0.5) is 0 Å². The van der Waals surface area contributed by atoms with Crippen molar-refractivity contribution in [2.24, 2.45) is 0 Å². The molecular formula is C13H18N4O. The fourth-order valence-corrected chi connectivity index (χ4v) is 1.69. The molecule has 2 aromatic rings. The number of pyridine rings is 1. The number of ether oxygens (including phenoxy) is 1. The number of nitrogens with one attached hydrogen (secondary N) is 1. The van der Waals surface area contributed by atoms with E-state index in [4.69, 9.17) is 4.74 Å². The number of nitrogens with zero attached hydrogens (tertiary/aromatic N) is 3. The second-order valence-electron chi connectivity index (χ2n) is 4.01. The first-order valence-corrected chi connectivity index (χ1v) is 6.02. The topological polar surface area (TPSA) is 52.0 Å². The monoisotopic (exact) mass is 246 g/mol. The predicted molar refractivity (Wildman–Crippen MR) is 69.2 cm³/mol. The SMILES string of the molecule is CCn1cc(CNCc2ccnc(OC)c2)cn1. The van der Waals surface area contributed by atoms with Crippen molar-refractivity contribution in [2.45, 2.75) is 26.6 Å². The standard InChI is InChI=1S/C13H18N4O/c1-3-17-10-12(9-16-17)8-14-7-11-4-5-15-13(6-11)18-2/h4-6,9-10,14H,3,7-8H2,1-2H3. The largest absolute Gasteiger partial charge is 0.481 e.